The highest BCUT2D eigenvalue weighted by Crippen LogP contribution is 2.32. The maximum atomic E-state index is 12.2. The summed E-state index contributed by atoms with van der Waals surface area (Å²) in [6.07, 6.45) is 4.73. The van der Waals surface area contributed by atoms with Crippen LogP contribution in [0, 0.1) is 5.92 Å². The Balaban J connectivity index is 2.00. The van der Waals surface area contributed by atoms with Crippen LogP contribution in [0.3, 0.4) is 0 Å². The molecule has 1 N–H and O–H groups in total. The van der Waals surface area contributed by atoms with Crippen molar-refractivity contribution in [2.75, 3.05) is 18.2 Å². The number of carbonyl (C=O) groups is 1. The predicted octanol–water partition coefficient (Wildman–Crippen LogP) is 1.12. The Morgan fingerprint density at radius 3 is 2.93 bits per heavy atom. The van der Waals surface area contributed by atoms with Crippen molar-refractivity contribution in [3.05, 3.63) is 0 Å². The third kappa shape index (κ3) is 3.57. The molecule has 4 nitrogen and oxygen atoms in total. The molecule has 1 unspecified atom stereocenters. The fourth-order valence-electron chi connectivity index (χ4n) is 1.75. The molecule has 0 aromatic rings. The Kier molecular flexibility index (Phi) is 3.41. The summed E-state index contributed by atoms with van der Waals surface area (Å²) in [5.74, 6) is 1.36. The van der Waals surface area contributed by atoms with Gasteiger partial charge in [-0.3, -0.25) is 4.79 Å². The van der Waals surface area contributed by atoms with Gasteiger partial charge in [-0.2, -0.15) is 4.36 Å². The monoisotopic (exact) mass is 230 g/mol. The molecule has 1 aliphatic heterocycles. The molecule has 86 valence electrons. The van der Waals surface area contributed by atoms with E-state index in [4.69, 9.17) is 0 Å². The molecule has 1 aliphatic carbocycles. The average molecular weight is 230 g/mol. The highest BCUT2D eigenvalue weighted by molar-refractivity contribution is 7.93. The molecule has 2 rings (SSSR count). The van der Waals surface area contributed by atoms with Gasteiger partial charge in [0.2, 0.25) is 0 Å². The van der Waals surface area contributed by atoms with Crippen molar-refractivity contribution in [1.29, 1.82) is 0 Å². The normalized spacial score (nSPS) is 32.0. The summed E-state index contributed by atoms with van der Waals surface area (Å²) in [7, 11) is -2.28. The van der Waals surface area contributed by atoms with Crippen LogP contribution in [0.5, 0.6) is 0 Å². The molecule has 0 aromatic carbocycles. The van der Waals surface area contributed by atoms with Crippen LogP contribution < -0.4 is 5.32 Å². The van der Waals surface area contributed by atoms with Crippen molar-refractivity contribution in [3.8, 4) is 0 Å². The molecule has 1 amide bonds. The highest BCUT2D eigenvalue weighted by atomic mass is 32.2. The average Bonchev–Trinajstić information content (AvgIpc) is 2.94. The number of rotatable bonds is 2. The molecule has 0 spiro atoms. The van der Waals surface area contributed by atoms with E-state index >= 15 is 0 Å². The molecule has 0 aromatic heterocycles. The molecule has 5 heteroatoms. The van der Waals surface area contributed by atoms with Gasteiger partial charge in [-0.05, 0) is 38.1 Å². The van der Waals surface area contributed by atoms with E-state index in [1.807, 2.05) is 0 Å². The second-order valence-electron chi connectivity index (χ2n) is 4.46. The Hall–Kier alpha value is -0.420. The Bertz CT molecular complexity index is 340. The van der Waals surface area contributed by atoms with E-state index in [1.165, 1.54) is 0 Å². The number of hydrogen-bond acceptors (Lipinski definition) is 3. The van der Waals surface area contributed by atoms with Crippen molar-refractivity contribution in [2.45, 2.75) is 32.1 Å². The minimum Gasteiger partial charge on any atom is -0.305 e. The molecule has 1 atom stereocenters. The maximum absolute atomic E-state index is 12.2. The molecule has 1 heterocycles. The quantitative estimate of drug-likeness (QED) is 0.773. The van der Waals surface area contributed by atoms with E-state index in [0.29, 0.717) is 24.0 Å². The van der Waals surface area contributed by atoms with E-state index in [-0.39, 0.29) is 5.91 Å². The van der Waals surface area contributed by atoms with Crippen LogP contribution in [-0.4, -0.2) is 28.3 Å². The standard InChI is InChI=1S/C10H18N2O2S/c13-10(7-9-3-4-9)12-15(14)6-2-1-5-11-8-15/h9,11H,1-8H2. The number of hydrogen-bond donors (Lipinski definition) is 1. The summed E-state index contributed by atoms with van der Waals surface area (Å²) in [5, 5.41) is 3.09. The van der Waals surface area contributed by atoms with Gasteiger partial charge >= 0.3 is 0 Å². The van der Waals surface area contributed by atoms with E-state index in [1.54, 1.807) is 0 Å². The topological polar surface area (TPSA) is 58.5 Å². The lowest BCUT2D eigenvalue weighted by molar-refractivity contribution is -0.117. The smallest absolute Gasteiger partial charge is 0.254 e. The van der Waals surface area contributed by atoms with Crippen LogP contribution in [0.15, 0.2) is 4.36 Å². The molecule has 1 saturated carbocycles. The summed E-state index contributed by atoms with van der Waals surface area (Å²) in [6.45, 7) is 0.892. The van der Waals surface area contributed by atoms with Gasteiger partial charge in [-0.15, -0.1) is 0 Å². The summed E-state index contributed by atoms with van der Waals surface area (Å²) in [5.41, 5.74) is 0. The lowest BCUT2D eigenvalue weighted by atomic mass is 10.3. The summed E-state index contributed by atoms with van der Waals surface area (Å²) in [4.78, 5) is 11.5. The number of nitrogens with one attached hydrogen (secondary N) is 1. The molecule has 2 aliphatic rings. The first kappa shape index (κ1) is 11.1. The minimum atomic E-state index is -2.28. The van der Waals surface area contributed by atoms with Gasteiger partial charge in [0.15, 0.2) is 0 Å². The second-order valence-corrected chi connectivity index (χ2v) is 6.89. The van der Waals surface area contributed by atoms with E-state index in [9.17, 15) is 9.00 Å². The molecule has 0 bridgehead atoms. The second kappa shape index (κ2) is 4.61. The van der Waals surface area contributed by atoms with Gasteiger partial charge in [0, 0.05) is 12.2 Å². The maximum Gasteiger partial charge on any atom is 0.254 e. The van der Waals surface area contributed by atoms with Gasteiger partial charge < -0.3 is 5.32 Å². The van der Waals surface area contributed by atoms with Crippen LogP contribution in [0.2, 0.25) is 0 Å². The fraction of sp³-hybridized carbons (Fsp3) is 0.900. The van der Waals surface area contributed by atoms with E-state index in [0.717, 1.165) is 32.2 Å². The first-order chi connectivity index (χ1) is 7.18. The van der Waals surface area contributed by atoms with Crippen LogP contribution in [0.25, 0.3) is 0 Å². The molecule has 1 saturated heterocycles. The third-order valence-corrected chi connectivity index (χ3v) is 4.94. The summed E-state index contributed by atoms with van der Waals surface area (Å²) >= 11 is 0. The zero-order valence-corrected chi connectivity index (χ0v) is 9.72. The lowest BCUT2D eigenvalue weighted by Crippen LogP contribution is -2.22. The number of carbonyl (C=O) groups excluding carboxylic acids is 1. The van der Waals surface area contributed by atoms with Crippen molar-refractivity contribution < 1.29 is 9.00 Å². The third-order valence-electron chi connectivity index (χ3n) is 2.82. The van der Waals surface area contributed by atoms with Crippen molar-refractivity contribution in [1.82, 2.24) is 5.32 Å². The number of amides is 1. The highest BCUT2D eigenvalue weighted by Gasteiger charge is 2.25. The van der Waals surface area contributed by atoms with E-state index < -0.39 is 9.73 Å². The van der Waals surface area contributed by atoms with Crippen LogP contribution in [-0.2, 0) is 14.5 Å². The molecular formula is C10H18N2O2S. The van der Waals surface area contributed by atoms with Gasteiger partial charge in [-0.25, -0.2) is 4.21 Å². The zero-order valence-electron chi connectivity index (χ0n) is 8.91. The predicted molar refractivity (Wildman–Crippen MR) is 59.9 cm³/mol. The number of nitrogens with zero attached hydrogens (tertiary/aromatic N) is 1. The summed E-state index contributed by atoms with van der Waals surface area (Å²) < 4.78 is 16.1. The SMILES string of the molecule is O=C(CC1CC1)N=S1(=O)CCCCNC1. The molecular weight excluding hydrogens is 212 g/mol. The van der Waals surface area contributed by atoms with Gasteiger partial charge in [-0.1, -0.05) is 0 Å². The summed E-state index contributed by atoms with van der Waals surface area (Å²) in [6, 6.07) is 0. The molecule has 2 fully saturated rings. The zero-order chi connectivity index (χ0) is 10.7. The lowest BCUT2D eigenvalue weighted by Gasteiger charge is -2.05. The molecule has 0 radical (unpaired) electrons. The van der Waals surface area contributed by atoms with Gasteiger partial charge in [0.1, 0.15) is 0 Å². The molecule has 15 heavy (non-hydrogen) atoms. The van der Waals surface area contributed by atoms with Crippen LogP contribution >= 0.6 is 0 Å². The van der Waals surface area contributed by atoms with Crippen molar-refractivity contribution in [3.63, 3.8) is 0 Å². The fourth-order valence-corrected chi connectivity index (χ4v) is 3.62. The largest absolute Gasteiger partial charge is 0.305 e. The first-order valence-electron chi connectivity index (χ1n) is 5.64. The van der Waals surface area contributed by atoms with Gasteiger partial charge in [0.05, 0.1) is 15.6 Å². The van der Waals surface area contributed by atoms with Gasteiger partial charge in [0.25, 0.3) is 5.91 Å². The Labute approximate surface area is 91.0 Å². The Morgan fingerprint density at radius 1 is 1.40 bits per heavy atom. The van der Waals surface area contributed by atoms with Crippen molar-refractivity contribution >= 4 is 15.6 Å². The van der Waals surface area contributed by atoms with Crippen LogP contribution in [0.4, 0.5) is 0 Å². The van der Waals surface area contributed by atoms with Crippen LogP contribution in [0.1, 0.15) is 32.1 Å². The van der Waals surface area contributed by atoms with E-state index in [2.05, 4.69) is 9.68 Å². The minimum absolute atomic E-state index is 0.147. The van der Waals surface area contributed by atoms with Crippen molar-refractivity contribution in [2.24, 2.45) is 10.3 Å². The Morgan fingerprint density at radius 2 is 2.20 bits per heavy atom. The first-order valence-corrected chi connectivity index (χ1v) is 7.49.